The highest BCUT2D eigenvalue weighted by Crippen LogP contribution is 2.40. The van der Waals surface area contributed by atoms with Crippen molar-refractivity contribution in [3.05, 3.63) is 17.5 Å². The van der Waals surface area contributed by atoms with Gasteiger partial charge in [0.1, 0.15) is 16.3 Å². The van der Waals surface area contributed by atoms with Crippen molar-refractivity contribution in [1.82, 2.24) is 19.9 Å². The van der Waals surface area contributed by atoms with E-state index in [9.17, 15) is 14.4 Å². The molecule has 1 atom stereocenters. The highest BCUT2D eigenvalue weighted by Gasteiger charge is 2.53. The lowest BCUT2D eigenvalue weighted by molar-refractivity contribution is -0.161. The first-order valence-electron chi connectivity index (χ1n) is 7.61. The Labute approximate surface area is 153 Å². The lowest BCUT2D eigenvalue weighted by Crippen LogP contribution is -2.62. The van der Waals surface area contributed by atoms with E-state index in [0.717, 1.165) is 10.6 Å². The minimum Gasteiger partial charge on any atom is -0.455 e. The zero-order chi connectivity index (χ0) is 18.4. The molecule has 0 N–H and O–H groups in total. The van der Waals surface area contributed by atoms with Crippen molar-refractivity contribution in [2.24, 2.45) is 7.05 Å². The van der Waals surface area contributed by atoms with Gasteiger partial charge >= 0.3 is 5.97 Å². The summed E-state index contributed by atoms with van der Waals surface area (Å²) in [6.07, 6.45) is 1.63. The van der Waals surface area contributed by atoms with Crippen molar-refractivity contribution in [3.8, 4) is 0 Å². The molecule has 10 heteroatoms. The first-order chi connectivity index (χ1) is 11.7. The van der Waals surface area contributed by atoms with E-state index in [1.54, 1.807) is 38.7 Å². The number of hydrogen-bond acceptors (Lipinski definition) is 8. The van der Waals surface area contributed by atoms with Gasteiger partial charge in [0.05, 0.1) is 6.20 Å². The fourth-order valence-corrected chi connectivity index (χ4v) is 4.66. The van der Waals surface area contributed by atoms with Gasteiger partial charge in [-0.2, -0.15) is 0 Å². The summed E-state index contributed by atoms with van der Waals surface area (Å²) in [5, 5.41) is 7.92. The molecule has 0 bridgehead atoms. The van der Waals surface area contributed by atoms with E-state index >= 15 is 0 Å². The molecule has 0 spiro atoms. The fourth-order valence-electron chi connectivity index (χ4n) is 2.42. The van der Waals surface area contributed by atoms with Crippen molar-refractivity contribution in [3.63, 3.8) is 0 Å². The van der Waals surface area contributed by atoms with Crippen LogP contribution >= 0.6 is 23.5 Å². The number of thioether (sulfide) groups is 2. The van der Waals surface area contributed by atoms with Crippen LogP contribution in [0.25, 0.3) is 0 Å². The topological polar surface area (TPSA) is 94.4 Å². The van der Waals surface area contributed by atoms with Gasteiger partial charge in [-0.25, -0.2) is 9.48 Å². The first-order valence-corrected chi connectivity index (χ1v) is 9.64. The molecule has 1 fully saturated rings. The Kier molecular flexibility index (Phi) is 4.67. The Bertz CT molecular complexity index is 781. The average molecular weight is 382 g/mol. The second kappa shape index (κ2) is 6.49. The predicted molar refractivity (Wildman–Crippen MR) is 92.7 cm³/mol. The van der Waals surface area contributed by atoms with E-state index in [1.165, 1.54) is 28.4 Å². The summed E-state index contributed by atoms with van der Waals surface area (Å²) in [6.45, 7) is 5.29. The van der Waals surface area contributed by atoms with Crippen LogP contribution in [0.2, 0.25) is 0 Å². The van der Waals surface area contributed by atoms with Crippen LogP contribution in [0.4, 0.5) is 0 Å². The van der Waals surface area contributed by atoms with Gasteiger partial charge in [0, 0.05) is 18.6 Å². The molecule has 0 aromatic carbocycles. The first kappa shape index (κ1) is 18.0. The predicted octanol–water partition coefficient (Wildman–Crippen LogP) is 0.987. The van der Waals surface area contributed by atoms with Gasteiger partial charge in [0.2, 0.25) is 0 Å². The van der Waals surface area contributed by atoms with Crippen molar-refractivity contribution in [2.75, 3.05) is 11.5 Å². The van der Waals surface area contributed by atoms with Crippen molar-refractivity contribution in [2.45, 2.75) is 36.8 Å². The lowest BCUT2D eigenvalue weighted by Gasteiger charge is -2.43. The summed E-state index contributed by atoms with van der Waals surface area (Å²) < 4.78 is 7.09. The van der Waals surface area contributed by atoms with Crippen LogP contribution in [0, 0.1) is 0 Å². The van der Waals surface area contributed by atoms with Gasteiger partial charge in [0.25, 0.3) is 11.7 Å². The second-order valence-corrected chi connectivity index (χ2v) is 8.71. The number of carbonyl (C=O) groups excluding carboxylic acids is 3. The van der Waals surface area contributed by atoms with Crippen molar-refractivity contribution < 1.29 is 19.1 Å². The highest BCUT2D eigenvalue weighted by atomic mass is 32.2. The van der Waals surface area contributed by atoms with Gasteiger partial charge in [0.15, 0.2) is 5.37 Å². The van der Waals surface area contributed by atoms with Crippen LogP contribution in [-0.4, -0.2) is 60.0 Å². The van der Waals surface area contributed by atoms with E-state index in [0.29, 0.717) is 11.5 Å². The van der Waals surface area contributed by atoms with E-state index in [2.05, 4.69) is 10.3 Å². The van der Waals surface area contributed by atoms with E-state index < -0.39 is 28.6 Å². The van der Waals surface area contributed by atoms with Crippen molar-refractivity contribution in [1.29, 1.82) is 0 Å². The number of amides is 1. The van der Waals surface area contributed by atoms with E-state index in [-0.39, 0.29) is 5.70 Å². The smallest absolute Gasteiger partial charge is 0.355 e. The number of carbonyl (C=O) groups is 3. The molecule has 0 saturated carbocycles. The molecular weight excluding hydrogens is 364 g/mol. The standard InChI is InChI=1S/C15H18N4O4S2/c1-15(2,3)23-14(22)10-8(6-24-9-5-16-17-18(9)4)7-25-13-11(20)12(21)19(10)13/h5,13H,6-7H2,1-4H3/t13-/m0/s1. The molecule has 1 aromatic heterocycles. The van der Waals surface area contributed by atoms with Gasteiger partial charge < -0.3 is 4.74 Å². The molecule has 0 aliphatic carbocycles. The number of rotatable bonds is 4. The summed E-state index contributed by atoms with van der Waals surface area (Å²) in [5.41, 5.74) is 0.278. The van der Waals surface area contributed by atoms with Crippen LogP contribution in [-0.2, 0) is 26.2 Å². The number of hydrogen-bond donors (Lipinski definition) is 0. The Morgan fingerprint density at radius 2 is 2.16 bits per heavy atom. The molecule has 8 nitrogen and oxygen atoms in total. The number of β-lactam (4-membered cyclic amide) rings is 1. The molecule has 1 aromatic rings. The third-order valence-corrected chi connectivity index (χ3v) is 5.95. The van der Waals surface area contributed by atoms with Crippen LogP contribution in [0.5, 0.6) is 0 Å². The summed E-state index contributed by atoms with van der Waals surface area (Å²) >= 11 is 2.82. The molecule has 1 amide bonds. The van der Waals surface area contributed by atoms with Crippen molar-refractivity contribution >= 4 is 41.2 Å². The minimum absolute atomic E-state index is 0.200. The Hall–Kier alpha value is -1.81. The summed E-state index contributed by atoms with van der Waals surface area (Å²) in [4.78, 5) is 37.7. The highest BCUT2D eigenvalue weighted by molar-refractivity contribution is 8.01. The van der Waals surface area contributed by atoms with Gasteiger partial charge in [-0.3, -0.25) is 14.5 Å². The number of nitrogens with zero attached hydrogens (tertiary/aromatic N) is 4. The fraction of sp³-hybridized carbons (Fsp3) is 0.533. The van der Waals surface area contributed by atoms with Crippen LogP contribution in [0.1, 0.15) is 20.8 Å². The van der Waals surface area contributed by atoms with E-state index in [1.807, 2.05) is 0 Å². The third kappa shape index (κ3) is 3.45. The number of aryl methyl sites for hydroxylation is 1. The quantitative estimate of drug-likeness (QED) is 0.329. The SMILES string of the molecule is Cn1nncc1SCC1=C(C(=O)OC(C)(C)C)N2C(=O)C(=O)[C@@H]2SC1. The van der Waals surface area contributed by atoms with Crippen LogP contribution in [0.15, 0.2) is 22.5 Å². The zero-order valence-electron chi connectivity index (χ0n) is 14.3. The molecule has 3 heterocycles. The molecule has 2 aliphatic heterocycles. The number of ketones is 1. The largest absolute Gasteiger partial charge is 0.455 e. The Morgan fingerprint density at radius 3 is 2.76 bits per heavy atom. The Balaban J connectivity index is 1.88. The molecule has 3 rings (SSSR count). The number of esters is 1. The number of aromatic nitrogens is 3. The maximum atomic E-state index is 12.7. The Morgan fingerprint density at radius 1 is 1.44 bits per heavy atom. The van der Waals surface area contributed by atoms with Gasteiger partial charge in [-0.1, -0.05) is 5.21 Å². The summed E-state index contributed by atoms with van der Waals surface area (Å²) in [5.74, 6) is -0.714. The maximum absolute atomic E-state index is 12.7. The molecule has 0 unspecified atom stereocenters. The molecule has 25 heavy (non-hydrogen) atoms. The lowest BCUT2D eigenvalue weighted by atomic mass is 10.1. The van der Waals surface area contributed by atoms with Gasteiger partial charge in [-0.05, 0) is 26.3 Å². The molecule has 0 radical (unpaired) electrons. The van der Waals surface area contributed by atoms with E-state index in [4.69, 9.17) is 4.74 Å². The molecule has 2 aliphatic rings. The maximum Gasteiger partial charge on any atom is 0.355 e. The van der Waals surface area contributed by atoms with Crippen LogP contribution < -0.4 is 0 Å². The molecule has 1 saturated heterocycles. The van der Waals surface area contributed by atoms with Gasteiger partial charge in [-0.15, -0.1) is 28.6 Å². The monoisotopic (exact) mass is 382 g/mol. The van der Waals surface area contributed by atoms with Crippen LogP contribution in [0.3, 0.4) is 0 Å². The second-order valence-electron chi connectivity index (χ2n) is 6.64. The summed E-state index contributed by atoms with van der Waals surface area (Å²) in [7, 11) is 1.78. The number of fused-ring (bicyclic) bond motifs is 1. The minimum atomic E-state index is -0.688. The third-order valence-electron chi connectivity index (χ3n) is 3.54. The number of Topliss-reactive ketones (excluding diaryl/α,β-unsaturated/α-hetero) is 1. The normalized spacial score (nSPS) is 20.5. The average Bonchev–Trinajstić information content (AvgIpc) is 2.94. The zero-order valence-corrected chi connectivity index (χ0v) is 15.9. The summed E-state index contributed by atoms with van der Waals surface area (Å²) in [6, 6.07) is 0. The molecular formula is C15H18N4O4S2. The molecule has 134 valence electrons. The number of ether oxygens (including phenoxy) is 1.